The summed E-state index contributed by atoms with van der Waals surface area (Å²) in [5.74, 6) is 2.48. The molecule has 0 aliphatic carbocycles. The number of hydrogen-bond donors (Lipinski definition) is 0. The summed E-state index contributed by atoms with van der Waals surface area (Å²) in [5.41, 5.74) is 0. The van der Waals surface area contributed by atoms with Crippen molar-refractivity contribution < 1.29 is 9.53 Å². The third kappa shape index (κ3) is 8.09. The zero-order chi connectivity index (χ0) is 13.1. The quantitative estimate of drug-likeness (QED) is 0.379. The molecule has 0 spiro atoms. The first-order valence-electron chi connectivity index (χ1n) is 6.89. The molecule has 1 aliphatic rings. The summed E-state index contributed by atoms with van der Waals surface area (Å²) >= 11 is 4.26. The Hall–Kier alpha value is -0.0900. The van der Waals surface area contributed by atoms with E-state index in [9.17, 15) is 4.79 Å². The summed E-state index contributed by atoms with van der Waals surface area (Å²) in [7, 11) is 0. The van der Waals surface area contributed by atoms with Gasteiger partial charge in [0.25, 0.3) is 0 Å². The zero-order valence-electron chi connectivity index (χ0n) is 11.2. The number of unbranched alkanes of at least 4 members (excludes halogenated alkanes) is 3. The Morgan fingerprint density at radius 2 is 2.06 bits per heavy atom. The number of hydrogen-bond acceptors (Lipinski definition) is 4. The van der Waals surface area contributed by atoms with Gasteiger partial charge in [-0.15, -0.1) is 23.5 Å². The molecule has 0 N–H and O–H groups in total. The fourth-order valence-corrected chi connectivity index (χ4v) is 4.78. The van der Waals surface area contributed by atoms with E-state index in [1.807, 2.05) is 13.0 Å². The lowest BCUT2D eigenvalue weighted by Gasteiger charge is -2.20. The fraction of sp³-hybridized carbons (Fsp3) is 0.786. The van der Waals surface area contributed by atoms with Gasteiger partial charge in [0.1, 0.15) is 0 Å². The number of ether oxygens (including phenoxy) is 1. The summed E-state index contributed by atoms with van der Waals surface area (Å²) in [6, 6.07) is 0. The van der Waals surface area contributed by atoms with Crippen molar-refractivity contribution in [1.29, 1.82) is 0 Å². The van der Waals surface area contributed by atoms with Crippen LogP contribution in [-0.4, -0.2) is 28.7 Å². The molecule has 1 saturated heterocycles. The van der Waals surface area contributed by atoms with Crippen LogP contribution in [0.3, 0.4) is 0 Å². The van der Waals surface area contributed by atoms with E-state index in [1.165, 1.54) is 43.6 Å². The van der Waals surface area contributed by atoms with Crippen molar-refractivity contribution in [3.63, 3.8) is 0 Å². The highest BCUT2D eigenvalue weighted by Gasteiger charge is 2.13. The van der Waals surface area contributed by atoms with Crippen LogP contribution in [0.5, 0.6) is 0 Å². The van der Waals surface area contributed by atoms with Gasteiger partial charge in [-0.05, 0) is 44.1 Å². The second-order valence-electron chi connectivity index (χ2n) is 4.32. The maximum absolute atomic E-state index is 11.0. The predicted molar refractivity (Wildman–Crippen MR) is 82.2 cm³/mol. The monoisotopic (exact) mass is 288 g/mol. The summed E-state index contributed by atoms with van der Waals surface area (Å²) in [6.45, 7) is 2.28. The van der Waals surface area contributed by atoms with Crippen molar-refractivity contribution in [1.82, 2.24) is 0 Å². The molecule has 4 heteroatoms. The highest BCUT2D eigenvalue weighted by Crippen LogP contribution is 2.33. The Bertz CT molecular complexity index is 248. The number of rotatable bonds is 8. The average Bonchev–Trinajstić information content (AvgIpc) is 2.39. The van der Waals surface area contributed by atoms with Crippen LogP contribution in [0.4, 0.5) is 0 Å². The lowest BCUT2D eigenvalue weighted by Crippen LogP contribution is -2.06. The van der Waals surface area contributed by atoms with E-state index in [-0.39, 0.29) is 5.97 Å². The standard InChI is InChI=1S/C14H24O2S2/c1-2-16-13(15)9-6-4-3-5-7-10-14-17-11-8-12-18-14/h6,9,14H,2-5,7-8,10-12H2,1H3/b9-6+. The first-order valence-corrected chi connectivity index (χ1v) is 8.99. The minimum absolute atomic E-state index is 0.215. The largest absolute Gasteiger partial charge is 0.463 e. The van der Waals surface area contributed by atoms with Crippen LogP contribution in [0.2, 0.25) is 0 Å². The molecule has 18 heavy (non-hydrogen) atoms. The molecule has 2 nitrogen and oxygen atoms in total. The molecule has 0 unspecified atom stereocenters. The maximum atomic E-state index is 11.0. The number of carbonyl (C=O) groups is 1. The lowest BCUT2D eigenvalue weighted by molar-refractivity contribution is -0.137. The van der Waals surface area contributed by atoms with Crippen LogP contribution in [0, 0.1) is 0 Å². The van der Waals surface area contributed by atoms with Crippen LogP contribution in [0.15, 0.2) is 12.2 Å². The first-order chi connectivity index (χ1) is 8.83. The maximum Gasteiger partial charge on any atom is 0.330 e. The van der Waals surface area contributed by atoms with Gasteiger partial charge >= 0.3 is 5.97 Å². The first kappa shape index (κ1) is 16.0. The minimum atomic E-state index is -0.215. The number of carbonyl (C=O) groups excluding carboxylic acids is 1. The topological polar surface area (TPSA) is 26.3 Å². The van der Waals surface area contributed by atoms with Crippen molar-refractivity contribution in [3.05, 3.63) is 12.2 Å². The fourth-order valence-electron chi connectivity index (χ4n) is 1.82. The molecule has 1 rings (SSSR count). The number of thioether (sulfide) groups is 2. The van der Waals surface area contributed by atoms with Gasteiger partial charge in [0.05, 0.1) is 11.2 Å². The number of esters is 1. The second-order valence-corrected chi connectivity index (χ2v) is 7.24. The second kappa shape index (κ2) is 10.8. The predicted octanol–water partition coefficient (Wildman–Crippen LogP) is 4.25. The third-order valence-electron chi connectivity index (χ3n) is 2.75. The smallest absolute Gasteiger partial charge is 0.330 e. The van der Waals surface area contributed by atoms with Gasteiger partial charge in [0.2, 0.25) is 0 Å². The molecule has 1 fully saturated rings. The molecule has 0 aromatic carbocycles. The Morgan fingerprint density at radius 3 is 2.78 bits per heavy atom. The van der Waals surface area contributed by atoms with Crippen LogP contribution >= 0.6 is 23.5 Å². The van der Waals surface area contributed by atoms with Crippen LogP contribution in [0.1, 0.15) is 45.4 Å². The normalized spacial score (nSPS) is 17.2. The molecule has 104 valence electrons. The Balaban J connectivity index is 1.90. The van der Waals surface area contributed by atoms with E-state index >= 15 is 0 Å². The van der Waals surface area contributed by atoms with E-state index < -0.39 is 0 Å². The van der Waals surface area contributed by atoms with Crippen LogP contribution < -0.4 is 0 Å². The van der Waals surface area contributed by atoms with E-state index in [1.54, 1.807) is 6.08 Å². The minimum Gasteiger partial charge on any atom is -0.463 e. The van der Waals surface area contributed by atoms with Crippen molar-refractivity contribution in [2.45, 2.75) is 50.0 Å². The lowest BCUT2D eigenvalue weighted by atomic mass is 10.1. The SMILES string of the molecule is CCOC(=O)/C=C/CCCCCC1SCCCS1. The Morgan fingerprint density at radius 1 is 1.28 bits per heavy atom. The van der Waals surface area contributed by atoms with E-state index in [2.05, 4.69) is 23.5 Å². The third-order valence-corrected chi connectivity index (χ3v) is 5.83. The molecular weight excluding hydrogens is 264 g/mol. The van der Waals surface area contributed by atoms with Gasteiger partial charge in [-0.25, -0.2) is 4.79 Å². The van der Waals surface area contributed by atoms with E-state index in [4.69, 9.17) is 4.74 Å². The Kier molecular flexibility index (Phi) is 9.58. The Labute approximate surface area is 119 Å². The van der Waals surface area contributed by atoms with Crippen molar-refractivity contribution >= 4 is 29.5 Å². The van der Waals surface area contributed by atoms with Gasteiger partial charge < -0.3 is 4.74 Å². The van der Waals surface area contributed by atoms with Gasteiger partial charge in [0.15, 0.2) is 0 Å². The van der Waals surface area contributed by atoms with Gasteiger partial charge in [-0.3, -0.25) is 0 Å². The van der Waals surface area contributed by atoms with Gasteiger partial charge in [0, 0.05) is 6.08 Å². The van der Waals surface area contributed by atoms with Crippen LogP contribution in [0.25, 0.3) is 0 Å². The number of allylic oxidation sites excluding steroid dienone is 1. The summed E-state index contributed by atoms with van der Waals surface area (Å²) in [6.07, 6.45) is 11.0. The van der Waals surface area contributed by atoms with Gasteiger partial charge in [-0.1, -0.05) is 18.9 Å². The summed E-state index contributed by atoms with van der Waals surface area (Å²) in [5, 5.41) is 0. The molecule has 1 aliphatic heterocycles. The molecule has 0 amide bonds. The average molecular weight is 288 g/mol. The molecule has 0 aromatic heterocycles. The molecule has 0 aromatic rings. The zero-order valence-corrected chi connectivity index (χ0v) is 12.9. The van der Waals surface area contributed by atoms with E-state index in [0.717, 1.165) is 11.0 Å². The van der Waals surface area contributed by atoms with Gasteiger partial charge in [-0.2, -0.15) is 0 Å². The van der Waals surface area contributed by atoms with E-state index in [0.29, 0.717) is 6.61 Å². The molecule has 0 saturated carbocycles. The summed E-state index contributed by atoms with van der Waals surface area (Å²) < 4.78 is 5.66. The molecular formula is C14H24O2S2. The summed E-state index contributed by atoms with van der Waals surface area (Å²) in [4.78, 5) is 11.0. The molecule has 1 heterocycles. The van der Waals surface area contributed by atoms with Crippen molar-refractivity contribution in [3.8, 4) is 0 Å². The van der Waals surface area contributed by atoms with Crippen LogP contribution in [-0.2, 0) is 9.53 Å². The molecule has 0 radical (unpaired) electrons. The molecule has 0 bridgehead atoms. The molecule has 0 atom stereocenters. The van der Waals surface area contributed by atoms with Crippen molar-refractivity contribution in [2.24, 2.45) is 0 Å². The van der Waals surface area contributed by atoms with Crippen molar-refractivity contribution in [2.75, 3.05) is 18.1 Å². The highest BCUT2D eigenvalue weighted by molar-refractivity contribution is 8.17. The highest BCUT2D eigenvalue weighted by atomic mass is 32.2.